The number of benzene rings is 3. The molecule has 0 spiro atoms. The summed E-state index contributed by atoms with van der Waals surface area (Å²) in [5, 5.41) is 13.8. The summed E-state index contributed by atoms with van der Waals surface area (Å²) in [5.41, 5.74) is -0.822. The van der Waals surface area contributed by atoms with Crippen LogP contribution in [-0.4, -0.2) is 28.0 Å². The van der Waals surface area contributed by atoms with E-state index in [2.05, 4.69) is 5.32 Å². The monoisotopic (exact) mass is 607 g/mol. The molecule has 1 heterocycles. The number of nitro groups is 1. The summed E-state index contributed by atoms with van der Waals surface area (Å²) < 4.78 is 50.4. The first-order valence-electron chi connectivity index (χ1n) is 12.6. The van der Waals surface area contributed by atoms with Crippen molar-refractivity contribution in [1.29, 1.82) is 0 Å². The molecule has 1 fully saturated rings. The molecule has 0 radical (unpaired) electrons. The zero-order chi connectivity index (χ0) is 30.7. The van der Waals surface area contributed by atoms with Gasteiger partial charge in [-0.3, -0.25) is 24.6 Å². The van der Waals surface area contributed by atoms with Crippen LogP contribution in [0.15, 0.2) is 114 Å². The second-order valence-corrected chi connectivity index (χ2v) is 9.65. The van der Waals surface area contributed by atoms with Crippen molar-refractivity contribution in [3.8, 4) is 17.2 Å². The van der Waals surface area contributed by atoms with Gasteiger partial charge in [0.05, 0.1) is 16.2 Å². The first-order valence-corrected chi connectivity index (χ1v) is 13.0. The fraction of sp³-hybridized carbons (Fsp3) is 0.100. The average molecular weight is 608 g/mol. The maximum atomic E-state index is 13.6. The summed E-state index contributed by atoms with van der Waals surface area (Å²) in [6.45, 7) is 0. The van der Waals surface area contributed by atoms with Crippen molar-refractivity contribution in [2.24, 2.45) is 5.92 Å². The van der Waals surface area contributed by atoms with E-state index in [0.717, 1.165) is 41.3 Å². The van der Waals surface area contributed by atoms with Crippen LogP contribution < -0.4 is 19.7 Å². The zero-order valence-corrected chi connectivity index (χ0v) is 22.7. The maximum absolute atomic E-state index is 13.6. The molecule has 0 aromatic heterocycles. The number of alkyl halides is 3. The van der Waals surface area contributed by atoms with Gasteiger partial charge < -0.3 is 14.8 Å². The molecule has 1 N–H and O–H groups in total. The Hall–Kier alpha value is -5.30. The van der Waals surface area contributed by atoms with Gasteiger partial charge in [0.1, 0.15) is 29.3 Å². The number of carbonyl (C=O) groups excluding carboxylic acids is 2. The number of nitrogens with zero attached hydrogens (tertiary/aromatic N) is 2. The summed E-state index contributed by atoms with van der Waals surface area (Å²) in [7, 11) is 0. The van der Waals surface area contributed by atoms with Crippen molar-refractivity contribution in [2.45, 2.75) is 12.3 Å². The molecule has 218 valence electrons. The van der Waals surface area contributed by atoms with Crippen LogP contribution >= 0.6 is 12.2 Å². The molecular weight excluding hydrogens is 587 g/mol. The molecule has 3 aromatic rings. The number of halogens is 3. The third kappa shape index (κ3) is 6.62. The van der Waals surface area contributed by atoms with Crippen LogP contribution in [0.1, 0.15) is 5.56 Å². The van der Waals surface area contributed by atoms with E-state index < -0.39 is 40.5 Å². The molecule has 13 heteroatoms. The Morgan fingerprint density at radius 2 is 1.56 bits per heavy atom. The van der Waals surface area contributed by atoms with E-state index in [9.17, 15) is 32.9 Å². The highest BCUT2D eigenvalue weighted by Gasteiger charge is 2.39. The van der Waals surface area contributed by atoms with Crippen molar-refractivity contribution in [3.05, 3.63) is 130 Å². The minimum absolute atomic E-state index is 0.0338. The van der Waals surface area contributed by atoms with Crippen LogP contribution in [0.25, 0.3) is 0 Å². The predicted molar refractivity (Wildman–Crippen MR) is 153 cm³/mol. The highest BCUT2D eigenvalue weighted by molar-refractivity contribution is 7.80. The van der Waals surface area contributed by atoms with E-state index in [1.54, 1.807) is 36.4 Å². The lowest BCUT2D eigenvalue weighted by Gasteiger charge is -2.32. The molecule has 2 atom stereocenters. The second-order valence-electron chi connectivity index (χ2n) is 9.27. The van der Waals surface area contributed by atoms with Crippen molar-refractivity contribution in [1.82, 2.24) is 5.32 Å². The summed E-state index contributed by atoms with van der Waals surface area (Å²) >= 11 is 5.26. The van der Waals surface area contributed by atoms with Crippen LogP contribution in [0.2, 0.25) is 0 Å². The number of para-hydroxylation sites is 1. The molecule has 3 aromatic carbocycles. The molecule has 5 rings (SSSR count). The van der Waals surface area contributed by atoms with Crippen LogP contribution in [-0.2, 0) is 15.8 Å². The molecule has 0 bridgehead atoms. The van der Waals surface area contributed by atoms with E-state index in [1.807, 2.05) is 18.2 Å². The summed E-state index contributed by atoms with van der Waals surface area (Å²) in [5.74, 6) is -1.82. The van der Waals surface area contributed by atoms with E-state index in [4.69, 9.17) is 21.7 Å². The smallest absolute Gasteiger partial charge is 0.416 e. The Labute approximate surface area is 247 Å². The topological polar surface area (TPSA) is 111 Å². The minimum atomic E-state index is -4.55. The fourth-order valence-electron chi connectivity index (χ4n) is 4.29. The van der Waals surface area contributed by atoms with Gasteiger partial charge in [-0.25, -0.2) is 0 Å². The van der Waals surface area contributed by atoms with Gasteiger partial charge in [0, 0.05) is 17.7 Å². The molecule has 1 aliphatic carbocycles. The molecule has 2 amide bonds. The first kappa shape index (κ1) is 29.2. The Kier molecular flexibility index (Phi) is 8.08. The van der Waals surface area contributed by atoms with Gasteiger partial charge in [-0.1, -0.05) is 24.3 Å². The van der Waals surface area contributed by atoms with Crippen molar-refractivity contribution >= 4 is 34.8 Å². The number of thiocarbonyl (C=S) groups is 1. The standard InChI is InChI=1S/C30H20F3N3O6S/c31-30(32,33)19-6-11-24(12-7-19)42-26-15-10-21(36(39)40)16-18(26)17-25-27(37)34-29(43)35(28(25)38)20-8-13-23(14-9-20)41-22-4-2-1-3-5-22/h1-17,25-26H,(H,34,37,43). The number of amides is 2. The summed E-state index contributed by atoms with van der Waals surface area (Å²) in [6, 6.07) is 19.3. The number of hydrogen-bond acceptors (Lipinski definition) is 7. The van der Waals surface area contributed by atoms with Gasteiger partial charge in [0.25, 0.3) is 5.70 Å². The molecule has 9 nitrogen and oxygen atoms in total. The predicted octanol–water partition coefficient (Wildman–Crippen LogP) is 5.97. The number of nitrogens with one attached hydrogen (secondary N) is 1. The van der Waals surface area contributed by atoms with E-state index in [-0.39, 0.29) is 22.1 Å². The van der Waals surface area contributed by atoms with Gasteiger partial charge in [-0.15, -0.1) is 0 Å². The van der Waals surface area contributed by atoms with Crippen LogP contribution in [0.5, 0.6) is 17.2 Å². The lowest BCUT2D eigenvalue weighted by molar-refractivity contribution is -0.419. The Bertz CT molecular complexity index is 1670. The highest BCUT2D eigenvalue weighted by atomic mass is 32.1. The van der Waals surface area contributed by atoms with Gasteiger partial charge in [-0.2, -0.15) is 13.2 Å². The summed E-state index contributed by atoms with van der Waals surface area (Å²) in [4.78, 5) is 38.4. The zero-order valence-electron chi connectivity index (χ0n) is 21.9. The molecule has 1 aliphatic heterocycles. The fourth-order valence-corrected chi connectivity index (χ4v) is 4.59. The van der Waals surface area contributed by atoms with Crippen molar-refractivity contribution in [3.63, 3.8) is 0 Å². The summed E-state index contributed by atoms with van der Waals surface area (Å²) in [6.07, 6.45) is -0.800. The van der Waals surface area contributed by atoms with E-state index in [0.29, 0.717) is 17.2 Å². The SMILES string of the molecule is O=C1NC(=S)N(c2ccc(Oc3ccccc3)cc2)C(=O)C1C=C1C=C([N+](=O)[O-])C=CC1Oc1ccc(C(F)(F)F)cc1. The van der Waals surface area contributed by atoms with Crippen LogP contribution in [0.4, 0.5) is 18.9 Å². The normalized spacial score (nSPS) is 19.6. The number of allylic oxidation sites excluding steroid dienone is 1. The lowest BCUT2D eigenvalue weighted by atomic mass is 9.95. The quantitative estimate of drug-likeness (QED) is 0.153. The van der Waals surface area contributed by atoms with Gasteiger partial charge in [-0.05, 0) is 79.0 Å². The average Bonchev–Trinajstić information content (AvgIpc) is 2.97. The lowest BCUT2D eigenvalue weighted by Crippen LogP contribution is -2.57. The molecule has 2 unspecified atom stereocenters. The van der Waals surface area contributed by atoms with E-state index in [1.165, 1.54) is 12.2 Å². The Morgan fingerprint density at radius 3 is 2.19 bits per heavy atom. The number of carbonyl (C=O) groups is 2. The van der Waals surface area contributed by atoms with E-state index >= 15 is 0 Å². The second kappa shape index (κ2) is 11.9. The maximum Gasteiger partial charge on any atom is 0.416 e. The minimum Gasteiger partial charge on any atom is -0.482 e. The third-order valence-corrected chi connectivity index (χ3v) is 6.66. The third-order valence-electron chi connectivity index (χ3n) is 6.38. The number of ether oxygens (including phenoxy) is 2. The first-order chi connectivity index (χ1) is 20.5. The largest absolute Gasteiger partial charge is 0.482 e. The number of anilines is 1. The molecule has 0 saturated carbocycles. The molecule has 43 heavy (non-hydrogen) atoms. The van der Waals surface area contributed by atoms with Crippen LogP contribution in [0, 0.1) is 16.0 Å². The van der Waals surface area contributed by atoms with Gasteiger partial charge in [0.2, 0.25) is 11.8 Å². The van der Waals surface area contributed by atoms with Gasteiger partial charge >= 0.3 is 6.18 Å². The van der Waals surface area contributed by atoms with Gasteiger partial charge in [0.15, 0.2) is 5.11 Å². The van der Waals surface area contributed by atoms with Crippen molar-refractivity contribution < 1.29 is 37.2 Å². The Balaban J connectivity index is 1.41. The Morgan fingerprint density at radius 1 is 0.930 bits per heavy atom. The highest BCUT2D eigenvalue weighted by Crippen LogP contribution is 2.32. The number of hydrogen-bond donors (Lipinski definition) is 1. The molecular formula is C30H20F3N3O6S. The molecule has 1 saturated heterocycles. The van der Waals surface area contributed by atoms with Crippen LogP contribution in [0.3, 0.4) is 0 Å². The van der Waals surface area contributed by atoms with Crippen molar-refractivity contribution in [2.75, 3.05) is 4.90 Å². The molecule has 2 aliphatic rings. The number of rotatable bonds is 7.